The molecule has 2 aromatic rings. The molecule has 0 saturated carbocycles. The van der Waals surface area contributed by atoms with E-state index in [1.807, 2.05) is 26.0 Å². The Bertz CT molecular complexity index is 921. The quantitative estimate of drug-likeness (QED) is 0.751. The lowest BCUT2D eigenvalue weighted by Gasteiger charge is -2.09. The van der Waals surface area contributed by atoms with Crippen molar-refractivity contribution >= 4 is 27.6 Å². The molecule has 0 radical (unpaired) electrons. The fourth-order valence-electron chi connectivity index (χ4n) is 2.12. The maximum atomic E-state index is 12.0. The molecule has 2 aromatic carbocycles. The van der Waals surface area contributed by atoms with E-state index in [2.05, 4.69) is 10.0 Å². The topological polar surface area (TPSA) is 102 Å². The highest BCUT2D eigenvalue weighted by Gasteiger charge is 2.14. The van der Waals surface area contributed by atoms with Gasteiger partial charge in [0.25, 0.3) is 5.91 Å². The van der Waals surface area contributed by atoms with Gasteiger partial charge in [0, 0.05) is 5.69 Å². The van der Waals surface area contributed by atoms with Crippen LogP contribution in [-0.4, -0.2) is 33.9 Å². The Morgan fingerprint density at radius 2 is 1.65 bits per heavy atom. The molecule has 0 aliphatic rings. The molecule has 0 saturated heterocycles. The van der Waals surface area contributed by atoms with Crippen LogP contribution in [0.1, 0.15) is 21.5 Å². The highest BCUT2D eigenvalue weighted by atomic mass is 32.2. The van der Waals surface area contributed by atoms with E-state index in [1.54, 1.807) is 6.07 Å². The summed E-state index contributed by atoms with van der Waals surface area (Å²) in [7, 11) is -2.28. The predicted octanol–water partition coefficient (Wildman–Crippen LogP) is 2.01. The van der Waals surface area contributed by atoms with Crippen molar-refractivity contribution in [2.45, 2.75) is 18.7 Å². The number of rotatable bonds is 6. The molecule has 1 amide bonds. The zero-order valence-electron chi connectivity index (χ0n) is 14.7. The molecule has 0 bridgehead atoms. The third-order valence-corrected chi connectivity index (χ3v) is 5.22. The molecule has 26 heavy (non-hydrogen) atoms. The molecule has 2 N–H and O–H groups in total. The number of benzene rings is 2. The van der Waals surface area contributed by atoms with E-state index >= 15 is 0 Å². The standard InChI is InChI=1S/C18H20N2O5S/c1-12-4-7-15(10-13(12)2)20-17(21)11-25-18(22)14-5-8-16(9-6-14)26(23,24)19-3/h4-10,19H,11H2,1-3H3,(H,20,21). The number of esters is 1. The van der Waals surface area contributed by atoms with Gasteiger partial charge in [-0.05, 0) is 68.4 Å². The number of anilines is 1. The average Bonchev–Trinajstić information content (AvgIpc) is 2.63. The Morgan fingerprint density at radius 3 is 2.23 bits per heavy atom. The summed E-state index contributed by atoms with van der Waals surface area (Å²) in [5, 5.41) is 2.65. The van der Waals surface area contributed by atoms with Crippen LogP contribution in [0.4, 0.5) is 5.69 Å². The van der Waals surface area contributed by atoms with Crippen LogP contribution in [0.25, 0.3) is 0 Å². The highest BCUT2D eigenvalue weighted by Crippen LogP contribution is 2.14. The number of carbonyl (C=O) groups is 2. The third kappa shape index (κ3) is 4.90. The van der Waals surface area contributed by atoms with Crippen LogP contribution in [0.5, 0.6) is 0 Å². The maximum absolute atomic E-state index is 12.0. The first-order valence-electron chi connectivity index (χ1n) is 7.81. The van der Waals surface area contributed by atoms with Gasteiger partial charge in [0.2, 0.25) is 10.0 Å². The van der Waals surface area contributed by atoms with Gasteiger partial charge in [0.15, 0.2) is 6.61 Å². The van der Waals surface area contributed by atoms with E-state index in [0.717, 1.165) is 11.1 Å². The second-order valence-corrected chi connectivity index (χ2v) is 7.54. The molecule has 0 aromatic heterocycles. The zero-order valence-corrected chi connectivity index (χ0v) is 15.5. The summed E-state index contributed by atoms with van der Waals surface area (Å²) < 4.78 is 30.4. The smallest absolute Gasteiger partial charge is 0.338 e. The van der Waals surface area contributed by atoms with Crippen molar-refractivity contribution < 1.29 is 22.7 Å². The van der Waals surface area contributed by atoms with Gasteiger partial charge < -0.3 is 10.1 Å². The average molecular weight is 376 g/mol. The number of hydrogen-bond donors (Lipinski definition) is 2. The van der Waals surface area contributed by atoms with Crippen molar-refractivity contribution in [2.75, 3.05) is 19.0 Å². The van der Waals surface area contributed by atoms with Crippen LogP contribution in [-0.2, 0) is 19.6 Å². The highest BCUT2D eigenvalue weighted by molar-refractivity contribution is 7.89. The Morgan fingerprint density at radius 1 is 1.00 bits per heavy atom. The van der Waals surface area contributed by atoms with Crippen molar-refractivity contribution in [2.24, 2.45) is 0 Å². The van der Waals surface area contributed by atoms with E-state index in [9.17, 15) is 18.0 Å². The monoisotopic (exact) mass is 376 g/mol. The van der Waals surface area contributed by atoms with Gasteiger partial charge in [-0.2, -0.15) is 0 Å². The molecule has 7 nitrogen and oxygen atoms in total. The van der Waals surface area contributed by atoms with Crippen molar-refractivity contribution in [1.29, 1.82) is 0 Å². The van der Waals surface area contributed by atoms with Crippen LogP contribution in [0.15, 0.2) is 47.4 Å². The second kappa shape index (κ2) is 8.11. The van der Waals surface area contributed by atoms with Gasteiger partial charge >= 0.3 is 5.97 Å². The second-order valence-electron chi connectivity index (χ2n) is 5.66. The predicted molar refractivity (Wildman–Crippen MR) is 97.5 cm³/mol. The minimum atomic E-state index is -3.57. The number of ether oxygens (including phenoxy) is 1. The normalized spacial score (nSPS) is 11.0. The van der Waals surface area contributed by atoms with Gasteiger partial charge in [-0.25, -0.2) is 17.9 Å². The molecular formula is C18H20N2O5S. The van der Waals surface area contributed by atoms with E-state index in [-0.39, 0.29) is 10.5 Å². The van der Waals surface area contributed by atoms with E-state index < -0.39 is 28.5 Å². The van der Waals surface area contributed by atoms with E-state index in [0.29, 0.717) is 5.69 Å². The summed E-state index contributed by atoms with van der Waals surface area (Å²) in [5.74, 6) is -1.18. The number of nitrogens with one attached hydrogen (secondary N) is 2. The number of aryl methyl sites for hydroxylation is 2. The third-order valence-electron chi connectivity index (χ3n) is 3.79. The summed E-state index contributed by atoms with van der Waals surface area (Å²) in [6.45, 7) is 3.46. The fraction of sp³-hybridized carbons (Fsp3) is 0.222. The van der Waals surface area contributed by atoms with Crippen molar-refractivity contribution in [1.82, 2.24) is 4.72 Å². The Hall–Kier alpha value is -2.71. The molecule has 0 aliphatic carbocycles. The molecule has 138 valence electrons. The molecule has 0 fully saturated rings. The van der Waals surface area contributed by atoms with Crippen LogP contribution in [0, 0.1) is 13.8 Å². The molecule has 8 heteroatoms. The minimum absolute atomic E-state index is 0.0315. The first kappa shape index (κ1) is 19.6. The largest absolute Gasteiger partial charge is 0.452 e. The summed E-state index contributed by atoms with van der Waals surface area (Å²) in [4.78, 5) is 23.9. The first-order valence-corrected chi connectivity index (χ1v) is 9.29. The Kier molecular flexibility index (Phi) is 6.12. The zero-order chi connectivity index (χ0) is 19.3. The molecule has 0 atom stereocenters. The number of carbonyl (C=O) groups excluding carboxylic acids is 2. The molecule has 0 spiro atoms. The van der Waals surface area contributed by atoms with Gasteiger partial charge in [-0.15, -0.1) is 0 Å². The van der Waals surface area contributed by atoms with Crippen molar-refractivity contribution in [3.05, 3.63) is 59.2 Å². The molecule has 0 unspecified atom stereocenters. The number of hydrogen-bond acceptors (Lipinski definition) is 5. The minimum Gasteiger partial charge on any atom is -0.452 e. The van der Waals surface area contributed by atoms with Crippen LogP contribution in [0.3, 0.4) is 0 Å². The lowest BCUT2D eigenvalue weighted by atomic mass is 10.1. The maximum Gasteiger partial charge on any atom is 0.338 e. The first-order chi connectivity index (χ1) is 12.2. The van der Waals surface area contributed by atoms with Crippen LogP contribution >= 0.6 is 0 Å². The fourth-order valence-corrected chi connectivity index (χ4v) is 2.85. The van der Waals surface area contributed by atoms with Gasteiger partial charge in [0.05, 0.1) is 10.5 Å². The van der Waals surface area contributed by atoms with Crippen LogP contribution in [0.2, 0.25) is 0 Å². The lowest BCUT2D eigenvalue weighted by Crippen LogP contribution is -2.21. The van der Waals surface area contributed by atoms with Gasteiger partial charge in [0.1, 0.15) is 0 Å². The Balaban J connectivity index is 1.93. The van der Waals surface area contributed by atoms with Gasteiger partial charge in [-0.1, -0.05) is 6.07 Å². The summed E-state index contributed by atoms with van der Waals surface area (Å²) >= 11 is 0. The molecular weight excluding hydrogens is 356 g/mol. The summed E-state index contributed by atoms with van der Waals surface area (Å²) in [6.07, 6.45) is 0. The van der Waals surface area contributed by atoms with Crippen LogP contribution < -0.4 is 10.0 Å². The molecule has 2 rings (SSSR count). The summed E-state index contributed by atoms with van der Waals surface area (Å²) in [6, 6.07) is 10.7. The van der Waals surface area contributed by atoms with E-state index in [4.69, 9.17) is 4.74 Å². The SMILES string of the molecule is CNS(=O)(=O)c1ccc(C(=O)OCC(=O)Nc2ccc(C)c(C)c2)cc1. The van der Waals surface area contributed by atoms with Gasteiger partial charge in [-0.3, -0.25) is 4.79 Å². The van der Waals surface area contributed by atoms with Crippen molar-refractivity contribution in [3.8, 4) is 0 Å². The van der Waals surface area contributed by atoms with Crippen molar-refractivity contribution in [3.63, 3.8) is 0 Å². The summed E-state index contributed by atoms with van der Waals surface area (Å²) in [5.41, 5.74) is 2.92. The van der Waals surface area contributed by atoms with E-state index in [1.165, 1.54) is 31.3 Å². The number of amides is 1. The Labute approximate surface area is 152 Å². The lowest BCUT2D eigenvalue weighted by molar-refractivity contribution is -0.119. The molecule has 0 heterocycles. The molecule has 0 aliphatic heterocycles. The number of sulfonamides is 1.